The summed E-state index contributed by atoms with van der Waals surface area (Å²) >= 11 is 1.69. The predicted molar refractivity (Wildman–Crippen MR) is 136 cm³/mol. The van der Waals surface area contributed by atoms with E-state index >= 15 is 0 Å². The molecule has 0 bridgehead atoms. The number of rotatable bonds is 8. The lowest BCUT2D eigenvalue weighted by atomic mass is 10.0. The van der Waals surface area contributed by atoms with Gasteiger partial charge in [-0.1, -0.05) is 66.7 Å². The van der Waals surface area contributed by atoms with E-state index in [1.807, 2.05) is 49.4 Å². The summed E-state index contributed by atoms with van der Waals surface area (Å²) in [6.45, 7) is 7.03. The van der Waals surface area contributed by atoms with Crippen LogP contribution in [-0.4, -0.2) is 53.8 Å². The van der Waals surface area contributed by atoms with Crippen LogP contribution in [0, 0.1) is 0 Å². The van der Waals surface area contributed by atoms with Gasteiger partial charge in [0.05, 0.1) is 6.04 Å². The maximum atomic E-state index is 12.6. The lowest BCUT2D eigenvalue weighted by Gasteiger charge is -2.41. The van der Waals surface area contributed by atoms with Gasteiger partial charge in [0.1, 0.15) is 0 Å². The smallest absolute Gasteiger partial charge is 0.309 e. The van der Waals surface area contributed by atoms with E-state index in [0.717, 1.165) is 38.3 Å². The van der Waals surface area contributed by atoms with Crippen LogP contribution in [0.3, 0.4) is 0 Å². The maximum Gasteiger partial charge on any atom is 0.309 e. The Labute approximate surface area is 205 Å². The molecule has 1 aliphatic heterocycles. The Balaban J connectivity index is 1.34. The summed E-state index contributed by atoms with van der Waals surface area (Å²) in [7, 11) is 0. The molecule has 7 heteroatoms. The number of nitrogens with zero attached hydrogens (tertiary/aromatic N) is 2. The van der Waals surface area contributed by atoms with Crippen molar-refractivity contribution in [3.05, 3.63) is 94.2 Å². The molecule has 0 saturated carbocycles. The van der Waals surface area contributed by atoms with E-state index in [4.69, 9.17) is 0 Å². The number of amides is 2. The van der Waals surface area contributed by atoms with Crippen molar-refractivity contribution in [1.29, 1.82) is 0 Å². The molecule has 34 heavy (non-hydrogen) atoms. The predicted octanol–water partition coefficient (Wildman–Crippen LogP) is 3.43. The molecule has 4 rings (SSSR count). The highest BCUT2D eigenvalue weighted by Crippen LogP contribution is 2.29. The summed E-state index contributed by atoms with van der Waals surface area (Å²) in [5, 5.41) is 7.74. The highest BCUT2D eigenvalue weighted by atomic mass is 32.1. The fourth-order valence-corrected chi connectivity index (χ4v) is 5.42. The molecule has 6 nitrogen and oxygen atoms in total. The van der Waals surface area contributed by atoms with Crippen LogP contribution in [0.15, 0.2) is 78.2 Å². The first-order valence-electron chi connectivity index (χ1n) is 11.8. The first kappa shape index (κ1) is 24.1. The molecular weight excluding hydrogens is 444 g/mol. The molecule has 2 heterocycles. The molecule has 1 saturated heterocycles. The van der Waals surface area contributed by atoms with Crippen LogP contribution in [0.2, 0.25) is 0 Å². The van der Waals surface area contributed by atoms with Crippen molar-refractivity contribution < 1.29 is 9.59 Å². The van der Waals surface area contributed by atoms with Crippen LogP contribution in [0.4, 0.5) is 0 Å². The number of hydrogen-bond acceptors (Lipinski definition) is 5. The molecule has 0 aliphatic carbocycles. The molecule has 1 aliphatic rings. The lowest BCUT2D eigenvalue weighted by Crippen LogP contribution is -2.53. The van der Waals surface area contributed by atoms with E-state index in [9.17, 15) is 9.59 Å². The summed E-state index contributed by atoms with van der Waals surface area (Å²) < 4.78 is 0. The number of carbonyl (C=O) groups is 2. The topological polar surface area (TPSA) is 64.7 Å². The van der Waals surface area contributed by atoms with Crippen molar-refractivity contribution in [2.24, 2.45) is 0 Å². The van der Waals surface area contributed by atoms with E-state index in [0.29, 0.717) is 6.54 Å². The van der Waals surface area contributed by atoms with Crippen LogP contribution in [0.1, 0.15) is 29.0 Å². The Bertz CT molecular complexity index is 1040. The van der Waals surface area contributed by atoms with Crippen molar-refractivity contribution in [2.45, 2.75) is 32.1 Å². The molecule has 1 aromatic heterocycles. The Morgan fingerprint density at radius 2 is 1.50 bits per heavy atom. The molecule has 2 atom stereocenters. The van der Waals surface area contributed by atoms with Crippen LogP contribution in [-0.2, 0) is 22.7 Å². The van der Waals surface area contributed by atoms with E-state index in [1.54, 1.807) is 11.3 Å². The van der Waals surface area contributed by atoms with Crippen molar-refractivity contribution in [2.75, 3.05) is 26.2 Å². The second-order valence-corrected chi connectivity index (χ2v) is 9.67. The summed E-state index contributed by atoms with van der Waals surface area (Å²) in [6.07, 6.45) is 0. The molecule has 2 N–H and O–H groups in total. The highest BCUT2D eigenvalue weighted by Gasteiger charge is 2.31. The summed E-state index contributed by atoms with van der Waals surface area (Å²) in [6, 6.07) is 24.1. The van der Waals surface area contributed by atoms with Gasteiger partial charge in [-0.2, -0.15) is 0 Å². The zero-order valence-electron chi connectivity index (χ0n) is 19.5. The molecular formula is C27H32N4O2S. The average molecular weight is 477 g/mol. The summed E-state index contributed by atoms with van der Waals surface area (Å²) in [4.78, 5) is 31.2. The first-order valence-corrected chi connectivity index (χ1v) is 12.6. The van der Waals surface area contributed by atoms with E-state index < -0.39 is 11.8 Å². The fraction of sp³-hybridized carbons (Fsp3) is 0.333. The minimum atomic E-state index is -0.603. The van der Waals surface area contributed by atoms with Crippen molar-refractivity contribution in [1.82, 2.24) is 20.4 Å². The Hall–Kier alpha value is -3.00. The molecule has 1 fully saturated rings. The van der Waals surface area contributed by atoms with Crippen LogP contribution >= 0.6 is 11.3 Å². The van der Waals surface area contributed by atoms with Crippen molar-refractivity contribution >= 4 is 23.2 Å². The third-order valence-corrected chi connectivity index (χ3v) is 7.16. The molecule has 178 valence electrons. The first-order chi connectivity index (χ1) is 16.6. The van der Waals surface area contributed by atoms with Gasteiger partial charge >= 0.3 is 11.8 Å². The monoisotopic (exact) mass is 476 g/mol. The fourth-order valence-electron chi connectivity index (χ4n) is 4.45. The molecule has 0 radical (unpaired) electrons. The van der Waals surface area contributed by atoms with Crippen LogP contribution in [0.25, 0.3) is 0 Å². The largest absolute Gasteiger partial charge is 0.344 e. The van der Waals surface area contributed by atoms with Gasteiger partial charge in [0.2, 0.25) is 0 Å². The zero-order valence-corrected chi connectivity index (χ0v) is 20.3. The van der Waals surface area contributed by atoms with Crippen LogP contribution in [0.5, 0.6) is 0 Å². The third kappa shape index (κ3) is 6.53. The molecule has 2 aromatic carbocycles. The Morgan fingerprint density at radius 1 is 0.853 bits per heavy atom. The van der Waals surface area contributed by atoms with E-state index in [-0.39, 0.29) is 12.1 Å². The molecule has 0 spiro atoms. The Morgan fingerprint density at radius 3 is 2.12 bits per heavy atom. The van der Waals surface area contributed by atoms with Gasteiger partial charge in [0, 0.05) is 50.2 Å². The quantitative estimate of drug-likeness (QED) is 0.489. The number of nitrogens with one attached hydrogen (secondary N) is 2. The highest BCUT2D eigenvalue weighted by molar-refractivity contribution is 7.10. The normalized spacial score (nSPS) is 16.5. The SMILES string of the molecule is CC(NC(=O)C(=O)NCc1ccccc1)C(c1cccs1)N1CCN(Cc2ccccc2)CC1. The Kier molecular flexibility index (Phi) is 8.46. The van der Waals surface area contributed by atoms with Gasteiger partial charge in [0.15, 0.2) is 0 Å². The van der Waals surface area contributed by atoms with Gasteiger partial charge in [0.25, 0.3) is 0 Å². The second-order valence-electron chi connectivity index (χ2n) is 8.69. The summed E-state index contributed by atoms with van der Waals surface area (Å²) in [5.74, 6) is -1.19. The number of thiophene rings is 1. The summed E-state index contributed by atoms with van der Waals surface area (Å²) in [5.41, 5.74) is 2.29. The molecule has 2 unspecified atom stereocenters. The third-order valence-electron chi connectivity index (χ3n) is 6.22. The van der Waals surface area contributed by atoms with Crippen LogP contribution < -0.4 is 10.6 Å². The lowest BCUT2D eigenvalue weighted by molar-refractivity contribution is -0.140. The molecule has 3 aromatic rings. The van der Waals surface area contributed by atoms with Gasteiger partial charge in [-0.15, -0.1) is 11.3 Å². The number of benzene rings is 2. The number of piperazine rings is 1. The maximum absolute atomic E-state index is 12.6. The van der Waals surface area contributed by atoms with Crippen molar-refractivity contribution in [3.63, 3.8) is 0 Å². The standard InChI is InChI=1S/C27H32N4O2S/c1-21(29-27(33)26(32)28-19-22-9-4-2-5-10-22)25(24-13-8-18-34-24)31-16-14-30(15-17-31)20-23-11-6-3-7-12-23/h2-13,18,21,25H,14-17,19-20H2,1H3,(H,28,32)(H,29,33). The van der Waals surface area contributed by atoms with Gasteiger partial charge in [-0.05, 0) is 29.5 Å². The number of carbonyl (C=O) groups excluding carboxylic acids is 2. The minimum Gasteiger partial charge on any atom is -0.344 e. The number of hydrogen-bond donors (Lipinski definition) is 2. The van der Waals surface area contributed by atoms with Gasteiger partial charge in [-0.25, -0.2) is 0 Å². The molecule has 2 amide bonds. The van der Waals surface area contributed by atoms with E-state index in [2.05, 4.69) is 56.1 Å². The average Bonchev–Trinajstić information content (AvgIpc) is 3.39. The van der Waals surface area contributed by atoms with Gasteiger partial charge in [-0.3, -0.25) is 19.4 Å². The second kappa shape index (κ2) is 11.9. The minimum absolute atomic E-state index is 0.0322. The van der Waals surface area contributed by atoms with E-state index in [1.165, 1.54) is 10.4 Å². The van der Waals surface area contributed by atoms with Crippen molar-refractivity contribution in [3.8, 4) is 0 Å². The van der Waals surface area contributed by atoms with Gasteiger partial charge < -0.3 is 10.6 Å². The zero-order chi connectivity index (χ0) is 23.8.